The van der Waals surface area contributed by atoms with Gasteiger partial charge in [0.25, 0.3) is 0 Å². The molecule has 1 aliphatic heterocycles. The van der Waals surface area contributed by atoms with Crippen molar-refractivity contribution in [1.82, 2.24) is 5.32 Å². The van der Waals surface area contributed by atoms with Crippen LogP contribution in [0.25, 0.3) is 0 Å². The SMILES string of the molecule is Cc1ccc(CC2CNC2)cc1C(F)(F)F. The summed E-state index contributed by atoms with van der Waals surface area (Å²) >= 11 is 0. The van der Waals surface area contributed by atoms with Crippen molar-refractivity contribution < 1.29 is 13.2 Å². The molecule has 0 unspecified atom stereocenters. The van der Waals surface area contributed by atoms with Crippen LogP contribution in [0, 0.1) is 12.8 Å². The van der Waals surface area contributed by atoms with Gasteiger partial charge >= 0.3 is 6.18 Å². The van der Waals surface area contributed by atoms with Crippen molar-refractivity contribution in [1.29, 1.82) is 0 Å². The highest BCUT2D eigenvalue weighted by atomic mass is 19.4. The number of rotatable bonds is 2. The van der Waals surface area contributed by atoms with Gasteiger partial charge in [0.1, 0.15) is 0 Å². The van der Waals surface area contributed by atoms with Crippen LogP contribution in [0.2, 0.25) is 0 Å². The van der Waals surface area contributed by atoms with E-state index in [9.17, 15) is 13.2 Å². The number of hydrogen-bond acceptors (Lipinski definition) is 1. The largest absolute Gasteiger partial charge is 0.416 e. The minimum atomic E-state index is -4.24. The Morgan fingerprint density at radius 2 is 2.00 bits per heavy atom. The monoisotopic (exact) mass is 229 g/mol. The van der Waals surface area contributed by atoms with Gasteiger partial charge in [0.2, 0.25) is 0 Å². The smallest absolute Gasteiger partial charge is 0.316 e. The molecule has 0 atom stereocenters. The van der Waals surface area contributed by atoms with E-state index in [0.717, 1.165) is 25.1 Å². The molecule has 88 valence electrons. The molecule has 0 bridgehead atoms. The number of nitrogens with one attached hydrogen (secondary N) is 1. The van der Waals surface area contributed by atoms with Gasteiger partial charge in [-0.2, -0.15) is 13.2 Å². The summed E-state index contributed by atoms with van der Waals surface area (Å²) in [5.74, 6) is 0.490. The predicted octanol–water partition coefficient (Wildman–Crippen LogP) is 2.78. The van der Waals surface area contributed by atoms with Crippen molar-refractivity contribution in [2.75, 3.05) is 13.1 Å². The summed E-state index contributed by atoms with van der Waals surface area (Å²) in [4.78, 5) is 0. The van der Waals surface area contributed by atoms with Crippen LogP contribution in [0.3, 0.4) is 0 Å². The highest BCUT2D eigenvalue weighted by Crippen LogP contribution is 2.32. The summed E-state index contributed by atoms with van der Waals surface area (Å²) in [5.41, 5.74) is 0.574. The van der Waals surface area contributed by atoms with Crippen LogP contribution in [0.4, 0.5) is 13.2 Å². The third-order valence-electron chi connectivity index (χ3n) is 3.00. The lowest BCUT2D eigenvalue weighted by Crippen LogP contribution is -2.43. The molecule has 0 aromatic heterocycles. The molecule has 0 amide bonds. The summed E-state index contributed by atoms with van der Waals surface area (Å²) in [5, 5.41) is 3.12. The number of hydrogen-bond donors (Lipinski definition) is 1. The first-order valence-electron chi connectivity index (χ1n) is 5.34. The molecule has 1 aliphatic rings. The van der Waals surface area contributed by atoms with E-state index in [0.29, 0.717) is 11.5 Å². The third-order valence-corrected chi connectivity index (χ3v) is 3.00. The molecule has 16 heavy (non-hydrogen) atoms. The molecule has 4 heteroatoms. The van der Waals surface area contributed by atoms with E-state index in [1.807, 2.05) is 0 Å². The maximum atomic E-state index is 12.6. The van der Waals surface area contributed by atoms with Crippen molar-refractivity contribution in [3.05, 3.63) is 34.9 Å². The Morgan fingerprint density at radius 1 is 1.31 bits per heavy atom. The molecule has 1 aromatic rings. The van der Waals surface area contributed by atoms with Crippen LogP contribution >= 0.6 is 0 Å². The summed E-state index contributed by atoms with van der Waals surface area (Å²) in [6, 6.07) is 4.64. The first-order chi connectivity index (χ1) is 7.47. The second kappa shape index (κ2) is 4.09. The van der Waals surface area contributed by atoms with Gasteiger partial charge in [0.15, 0.2) is 0 Å². The molecule has 1 saturated heterocycles. The molecule has 1 heterocycles. The second-order valence-corrected chi connectivity index (χ2v) is 4.38. The second-order valence-electron chi connectivity index (χ2n) is 4.38. The minimum Gasteiger partial charge on any atom is -0.316 e. The zero-order valence-electron chi connectivity index (χ0n) is 9.06. The van der Waals surface area contributed by atoms with E-state index in [-0.39, 0.29) is 0 Å². The summed E-state index contributed by atoms with van der Waals surface area (Å²) in [6.45, 7) is 3.32. The fraction of sp³-hybridized carbons (Fsp3) is 0.500. The quantitative estimate of drug-likeness (QED) is 0.822. The molecule has 1 nitrogen and oxygen atoms in total. The number of benzene rings is 1. The molecule has 0 aliphatic carbocycles. The van der Waals surface area contributed by atoms with E-state index < -0.39 is 11.7 Å². The summed E-state index contributed by atoms with van der Waals surface area (Å²) in [6.07, 6.45) is -3.51. The average molecular weight is 229 g/mol. The average Bonchev–Trinajstić information content (AvgIpc) is 2.12. The van der Waals surface area contributed by atoms with Crippen LogP contribution < -0.4 is 5.32 Å². The molecule has 1 fully saturated rings. The fourth-order valence-corrected chi connectivity index (χ4v) is 1.93. The molecule has 2 rings (SSSR count). The Morgan fingerprint density at radius 3 is 2.50 bits per heavy atom. The van der Waals surface area contributed by atoms with Crippen molar-refractivity contribution in [3.63, 3.8) is 0 Å². The Bertz CT molecular complexity index is 380. The number of alkyl halides is 3. The Balaban J connectivity index is 2.20. The van der Waals surface area contributed by atoms with Crippen molar-refractivity contribution >= 4 is 0 Å². The van der Waals surface area contributed by atoms with E-state index in [2.05, 4.69) is 5.32 Å². The van der Waals surface area contributed by atoms with Crippen LogP contribution in [-0.4, -0.2) is 13.1 Å². The van der Waals surface area contributed by atoms with Crippen LogP contribution in [0.5, 0.6) is 0 Å². The van der Waals surface area contributed by atoms with Gasteiger partial charge in [-0.05, 0) is 49.5 Å². The fourth-order valence-electron chi connectivity index (χ4n) is 1.93. The lowest BCUT2D eigenvalue weighted by molar-refractivity contribution is -0.138. The van der Waals surface area contributed by atoms with Gasteiger partial charge in [-0.25, -0.2) is 0 Å². The normalized spacial score (nSPS) is 17.2. The highest BCUT2D eigenvalue weighted by Gasteiger charge is 2.32. The maximum absolute atomic E-state index is 12.6. The Kier molecular flexibility index (Phi) is 2.93. The minimum absolute atomic E-state index is 0.294. The Hall–Kier alpha value is -1.03. The molecular weight excluding hydrogens is 215 g/mol. The molecule has 1 aromatic carbocycles. The van der Waals surface area contributed by atoms with Crippen molar-refractivity contribution in [2.45, 2.75) is 19.5 Å². The highest BCUT2D eigenvalue weighted by molar-refractivity contribution is 5.33. The van der Waals surface area contributed by atoms with Gasteiger partial charge in [-0.3, -0.25) is 0 Å². The molecular formula is C12H14F3N. The lowest BCUT2D eigenvalue weighted by Gasteiger charge is -2.27. The lowest BCUT2D eigenvalue weighted by atomic mass is 9.92. The van der Waals surface area contributed by atoms with Gasteiger partial charge < -0.3 is 5.32 Å². The van der Waals surface area contributed by atoms with Crippen LogP contribution in [-0.2, 0) is 12.6 Å². The van der Waals surface area contributed by atoms with E-state index in [4.69, 9.17) is 0 Å². The zero-order valence-corrected chi connectivity index (χ0v) is 9.06. The Labute approximate surface area is 92.7 Å². The summed E-state index contributed by atoms with van der Waals surface area (Å²) < 4.78 is 37.9. The first kappa shape index (κ1) is 11.5. The zero-order chi connectivity index (χ0) is 11.8. The molecule has 0 saturated carbocycles. The van der Waals surface area contributed by atoms with Gasteiger partial charge in [0, 0.05) is 0 Å². The third kappa shape index (κ3) is 2.38. The van der Waals surface area contributed by atoms with E-state index >= 15 is 0 Å². The summed E-state index contributed by atoms with van der Waals surface area (Å²) in [7, 11) is 0. The molecule has 1 N–H and O–H groups in total. The van der Waals surface area contributed by atoms with Crippen LogP contribution in [0.15, 0.2) is 18.2 Å². The van der Waals surface area contributed by atoms with E-state index in [1.54, 1.807) is 12.1 Å². The predicted molar refractivity (Wildman–Crippen MR) is 56.2 cm³/mol. The van der Waals surface area contributed by atoms with Gasteiger partial charge in [0.05, 0.1) is 5.56 Å². The van der Waals surface area contributed by atoms with Gasteiger partial charge in [-0.15, -0.1) is 0 Å². The first-order valence-corrected chi connectivity index (χ1v) is 5.34. The van der Waals surface area contributed by atoms with Crippen LogP contribution in [0.1, 0.15) is 16.7 Å². The van der Waals surface area contributed by atoms with Crippen molar-refractivity contribution in [3.8, 4) is 0 Å². The van der Waals surface area contributed by atoms with Gasteiger partial charge in [-0.1, -0.05) is 12.1 Å². The number of aryl methyl sites for hydroxylation is 1. The topological polar surface area (TPSA) is 12.0 Å². The maximum Gasteiger partial charge on any atom is 0.416 e. The molecule has 0 spiro atoms. The molecule has 0 radical (unpaired) electrons. The number of halogens is 3. The standard InChI is InChI=1S/C12H14F3N/c1-8-2-3-9(4-10-6-16-7-10)5-11(8)12(13,14)15/h2-3,5,10,16H,4,6-7H2,1H3. The van der Waals surface area contributed by atoms with E-state index in [1.165, 1.54) is 13.0 Å². The van der Waals surface area contributed by atoms with Crippen molar-refractivity contribution in [2.24, 2.45) is 5.92 Å².